The lowest BCUT2D eigenvalue weighted by Crippen LogP contribution is -2.04. The average molecular weight is 214 g/mol. The zero-order valence-corrected chi connectivity index (χ0v) is 7.84. The van der Waals surface area contributed by atoms with Gasteiger partial charge >= 0.3 is 0 Å². The molecule has 0 heterocycles. The highest BCUT2D eigenvalue weighted by molar-refractivity contribution is 5.39. The highest BCUT2D eigenvalue weighted by Crippen LogP contribution is 2.18. The second-order valence-electron chi connectivity index (χ2n) is 2.82. The van der Waals surface area contributed by atoms with Crippen LogP contribution in [0.2, 0.25) is 0 Å². The summed E-state index contributed by atoms with van der Waals surface area (Å²) in [5, 5.41) is 0. The zero-order chi connectivity index (χ0) is 11.3. The topological polar surface area (TPSA) is 9.23 Å². The first-order chi connectivity index (χ1) is 7.13. The van der Waals surface area contributed by atoms with E-state index in [2.05, 4.69) is 5.92 Å². The Labute approximate surface area is 85.9 Å². The molecule has 0 N–H and O–H groups in total. The van der Waals surface area contributed by atoms with E-state index in [1.807, 2.05) is 0 Å². The van der Waals surface area contributed by atoms with Gasteiger partial charge in [0.2, 0.25) is 6.43 Å². The number of ether oxygens (including phenoxy) is 1. The van der Waals surface area contributed by atoms with Gasteiger partial charge in [0.25, 0.3) is 0 Å². The summed E-state index contributed by atoms with van der Waals surface area (Å²) in [6, 6.07) is 3.86. The highest BCUT2D eigenvalue weighted by Gasteiger charge is 2.06. The van der Waals surface area contributed by atoms with E-state index in [0.29, 0.717) is 5.56 Å². The van der Waals surface area contributed by atoms with E-state index < -0.39 is 18.7 Å². The minimum absolute atomic E-state index is 0.0916. The third kappa shape index (κ3) is 3.55. The maximum absolute atomic E-state index is 13.0. The molecule has 1 nitrogen and oxygen atoms in total. The molecule has 0 saturated carbocycles. The summed E-state index contributed by atoms with van der Waals surface area (Å²) < 4.78 is 41.4. The monoisotopic (exact) mass is 214 g/mol. The van der Waals surface area contributed by atoms with Crippen molar-refractivity contribution < 1.29 is 17.9 Å². The second kappa shape index (κ2) is 5.30. The van der Waals surface area contributed by atoms with E-state index in [-0.39, 0.29) is 12.4 Å². The Morgan fingerprint density at radius 1 is 1.40 bits per heavy atom. The molecule has 0 atom stereocenters. The number of hydrogen-bond acceptors (Lipinski definition) is 1. The van der Waals surface area contributed by atoms with Crippen LogP contribution in [0.25, 0.3) is 0 Å². The van der Waals surface area contributed by atoms with Crippen molar-refractivity contribution in [2.75, 3.05) is 6.61 Å². The molecule has 1 rings (SSSR count). The van der Waals surface area contributed by atoms with Crippen LogP contribution in [-0.2, 0) is 0 Å². The second-order valence-corrected chi connectivity index (χ2v) is 2.82. The third-order valence-corrected chi connectivity index (χ3v) is 1.69. The summed E-state index contributed by atoms with van der Waals surface area (Å²) >= 11 is 0. The van der Waals surface area contributed by atoms with Gasteiger partial charge in [-0.05, 0) is 18.2 Å². The molecule has 80 valence electrons. The van der Waals surface area contributed by atoms with E-state index in [1.54, 1.807) is 0 Å². The van der Waals surface area contributed by atoms with Gasteiger partial charge in [-0.25, -0.2) is 13.2 Å². The number of hydrogen-bond donors (Lipinski definition) is 0. The van der Waals surface area contributed by atoms with Crippen molar-refractivity contribution in [3.63, 3.8) is 0 Å². The molecular weight excluding hydrogens is 205 g/mol. The number of rotatable bonds is 4. The largest absolute Gasteiger partial charge is 0.490 e. The van der Waals surface area contributed by atoms with Gasteiger partial charge < -0.3 is 4.74 Å². The maximum atomic E-state index is 13.0. The summed E-state index contributed by atoms with van der Waals surface area (Å²) in [6.07, 6.45) is 2.21. The van der Waals surface area contributed by atoms with Crippen LogP contribution in [0, 0.1) is 18.2 Å². The van der Waals surface area contributed by atoms with E-state index in [0.717, 1.165) is 6.07 Å². The van der Waals surface area contributed by atoms with Gasteiger partial charge in [0, 0.05) is 12.0 Å². The van der Waals surface area contributed by atoms with Crippen LogP contribution in [-0.4, -0.2) is 13.0 Å². The van der Waals surface area contributed by atoms with Crippen molar-refractivity contribution >= 4 is 0 Å². The first kappa shape index (κ1) is 11.4. The normalized spacial score (nSPS) is 10.1. The molecule has 0 saturated heterocycles. The fraction of sp³-hybridized carbons (Fsp3) is 0.273. The number of alkyl halides is 2. The van der Waals surface area contributed by atoms with Crippen LogP contribution in [0.5, 0.6) is 5.75 Å². The smallest absolute Gasteiger partial charge is 0.241 e. The summed E-state index contributed by atoms with van der Waals surface area (Å²) in [7, 11) is 0. The van der Waals surface area contributed by atoms with Gasteiger partial charge in [-0.1, -0.05) is 5.92 Å². The molecular formula is C11H9F3O. The molecule has 0 fully saturated rings. The standard InChI is InChI=1S/C11H9F3O/c1-2-8-3-4-9(12)10(7-8)15-6-5-11(13)14/h1,3-4,7,11H,5-6H2. The van der Waals surface area contributed by atoms with Crippen LogP contribution >= 0.6 is 0 Å². The van der Waals surface area contributed by atoms with Crippen LogP contribution in [0.1, 0.15) is 12.0 Å². The third-order valence-electron chi connectivity index (χ3n) is 1.69. The first-order valence-corrected chi connectivity index (χ1v) is 4.30. The quantitative estimate of drug-likeness (QED) is 0.700. The fourth-order valence-electron chi connectivity index (χ4n) is 0.962. The fourth-order valence-corrected chi connectivity index (χ4v) is 0.962. The summed E-state index contributed by atoms with van der Waals surface area (Å²) in [6.45, 7) is -0.234. The zero-order valence-electron chi connectivity index (χ0n) is 7.84. The molecule has 0 spiro atoms. The molecule has 0 aliphatic heterocycles. The summed E-state index contributed by atoms with van der Waals surface area (Å²) in [4.78, 5) is 0. The van der Waals surface area contributed by atoms with Crippen LogP contribution in [0.4, 0.5) is 13.2 Å². The van der Waals surface area contributed by atoms with Crippen molar-refractivity contribution in [1.29, 1.82) is 0 Å². The maximum Gasteiger partial charge on any atom is 0.241 e. The Morgan fingerprint density at radius 3 is 2.73 bits per heavy atom. The average Bonchev–Trinajstić information content (AvgIpc) is 2.20. The summed E-state index contributed by atoms with van der Waals surface area (Å²) in [5.74, 6) is 1.60. The molecule has 0 bridgehead atoms. The van der Waals surface area contributed by atoms with Crippen LogP contribution in [0.3, 0.4) is 0 Å². The molecule has 0 unspecified atom stereocenters. The Kier molecular flexibility index (Phi) is 4.04. The highest BCUT2D eigenvalue weighted by atomic mass is 19.3. The summed E-state index contributed by atoms with van der Waals surface area (Å²) in [5.41, 5.74) is 0.448. The van der Waals surface area contributed by atoms with Crippen LogP contribution < -0.4 is 4.74 Å². The van der Waals surface area contributed by atoms with Gasteiger partial charge in [-0.2, -0.15) is 0 Å². The first-order valence-electron chi connectivity index (χ1n) is 4.30. The minimum atomic E-state index is -2.45. The molecule has 1 aromatic rings. The molecule has 0 aliphatic carbocycles. The van der Waals surface area contributed by atoms with Crippen molar-refractivity contribution in [3.8, 4) is 18.1 Å². The van der Waals surface area contributed by atoms with E-state index >= 15 is 0 Å². The lowest BCUT2D eigenvalue weighted by molar-refractivity contribution is 0.113. The van der Waals surface area contributed by atoms with E-state index in [4.69, 9.17) is 11.2 Å². The van der Waals surface area contributed by atoms with Gasteiger partial charge in [0.05, 0.1) is 6.61 Å². The number of halogens is 3. The predicted molar refractivity (Wildman–Crippen MR) is 50.5 cm³/mol. The van der Waals surface area contributed by atoms with Gasteiger partial charge in [-0.3, -0.25) is 0 Å². The Hall–Kier alpha value is -1.63. The van der Waals surface area contributed by atoms with Crippen molar-refractivity contribution in [2.24, 2.45) is 0 Å². The minimum Gasteiger partial charge on any atom is -0.490 e. The van der Waals surface area contributed by atoms with Gasteiger partial charge in [0.1, 0.15) is 0 Å². The Bertz CT molecular complexity index is 369. The van der Waals surface area contributed by atoms with Crippen molar-refractivity contribution in [3.05, 3.63) is 29.6 Å². The van der Waals surface area contributed by atoms with Crippen LogP contribution in [0.15, 0.2) is 18.2 Å². The van der Waals surface area contributed by atoms with Gasteiger partial charge in [-0.15, -0.1) is 6.42 Å². The SMILES string of the molecule is C#Cc1ccc(F)c(OCCC(F)F)c1. The molecule has 15 heavy (non-hydrogen) atoms. The lowest BCUT2D eigenvalue weighted by Gasteiger charge is -2.06. The lowest BCUT2D eigenvalue weighted by atomic mass is 10.2. The molecule has 0 aromatic heterocycles. The van der Waals surface area contributed by atoms with Crippen molar-refractivity contribution in [1.82, 2.24) is 0 Å². The molecule has 4 heteroatoms. The van der Waals surface area contributed by atoms with Crippen molar-refractivity contribution in [2.45, 2.75) is 12.8 Å². The van der Waals surface area contributed by atoms with Gasteiger partial charge in [0.15, 0.2) is 11.6 Å². The number of terminal acetylenes is 1. The van der Waals surface area contributed by atoms with E-state index in [1.165, 1.54) is 12.1 Å². The molecule has 0 aliphatic rings. The number of benzene rings is 1. The Morgan fingerprint density at radius 2 is 2.13 bits per heavy atom. The molecule has 1 aromatic carbocycles. The Balaban J connectivity index is 2.64. The molecule has 0 radical (unpaired) electrons. The van der Waals surface area contributed by atoms with E-state index in [9.17, 15) is 13.2 Å². The molecule has 0 amide bonds. The predicted octanol–water partition coefficient (Wildman–Crippen LogP) is 2.84.